The zero-order valence-electron chi connectivity index (χ0n) is 14.0. The lowest BCUT2D eigenvalue weighted by molar-refractivity contribution is -0.116. The molecule has 2 aromatic rings. The van der Waals surface area contributed by atoms with Crippen molar-refractivity contribution >= 4 is 39.1 Å². The third-order valence-corrected chi connectivity index (χ3v) is 6.20. The average Bonchev–Trinajstić information content (AvgIpc) is 2.87. The van der Waals surface area contributed by atoms with Crippen molar-refractivity contribution in [2.45, 2.75) is 19.9 Å². The molecule has 1 aliphatic heterocycles. The SMILES string of the molecule is Cc1ccccc1CNC(=O)c1ccc(Cl)c(N2C(=O)CCS2(=O)=O)c1. The van der Waals surface area contributed by atoms with E-state index in [1.54, 1.807) is 0 Å². The van der Waals surface area contributed by atoms with Crippen molar-refractivity contribution < 1.29 is 18.0 Å². The van der Waals surface area contributed by atoms with Crippen LogP contribution >= 0.6 is 11.6 Å². The molecule has 2 amide bonds. The summed E-state index contributed by atoms with van der Waals surface area (Å²) in [7, 11) is -3.75. The molecule has 0 bridgehead atoms. The van der Waals surface area contributed by atoms with Crippen LogP contribution in [0.2, 0.25) is 5.02 Å². The van der Waals surface area contributed by atoms with Crippen LogP contribution in [0, 0.1) is 6.92 Å². The number of sulfonamides is 1. The van der Waals surface area contributed by atoms with Crippen molar-refractivity contribution in [3.8, 4) is 0 Å². The van der Waals surface area contributed by atoms with Crippen LogP contribution in [0.5, 0.6) is 0 Å². The van der Waals surface area contributed by atoms with Gasteiger partial charge in [0.1, 0.15) is 0 Å². The predicted octanol–water partition coefficient (Wildman–Crippen LogP) is 2.64. The van der Waals surface area contributed by atoms with Crippen molar-refractivity contribution in [1.82, 2.24) is 5.32 Å². The average molecular weight is 393 g/mol. The normalized spacial score (nSPS) is 15.9. The number of hydrogen-bond donors (Lipinski definition) is 1. The Morgan fingerprint density at radius 3 is 2.62 bits per heavy atom. The van der Waals surface area contributed by atoms with E-state index in [9.17, 15) is 18.0 Å². The smallest absolute Gasteiger partial charge is 0.251 e. The minimum absolute atomic E-state index is 0.0118. The van der Waals surface area contributed by atoms with Gasteiger partial charge in [0, 0.05) is 18.5 Å². The Kier molecular flexibility index (Phi) is 5.02. The molecule has 0 spiro atoms. The Morgan fingerprint density at radius 2 is 1.96 bits per heavy atom. The minimum Gasteiger partial charge on any atom is -0.348 e. The molecule has 136 valence electrons. The highest BCUT2D eigenvalue weighted by atomic mass is 35.5. The fourth-order valence-corrected chi connectivity index (χ4v) is 4.46. The van der Waals surface area contributed by atoms with E-state index in [0.717, 1.165) is 11.1 Å². The predicted molar refractivity (Wildman–Crippen MR) is 99.7 cm³/mol. The lowest BCUT2D eigenvalue weighted by Gasteiger charge is -2.17. The molecule has 3 rings (SSSR count). The Bertz CT molecular complexity index is 988. The van der Waals surface area contributed by atoms with Gasteiger partial charge in [0.15, 0.2) is 0 Å². The maximum atomic E-state index is 12.4. The highest BCUT2D eigenvalue weighted by Gasteiger charge is 2.37. The summed E-state index contributed by atoms with van der Waals surface area (Å²) in [5.74, 6) is -1.19. The van der Waals surface area contributed by atoms with E-state index >= 15 is 0 Å². The molecule has 0 aliphatic carbocycles. The number of anilines is 1. The zero-order chi connectivity index (χ0) is 18.9. The van der Waals surface area contributed by atoms with Crippen LogP contribution in [0.1, 0.15) is 27.9 Å². The first-order valence-electron chi connectivity index (χ1n) is 7.98. The lowest BCUT2D eigenvalue weighted by Crippen LogP contribution is -2.30. The number of nitrogens with zero attached hydrogens (tertiary/aromatic N) is 1. The fourth-order valence-electron chi connectivity index (χ4n) is 2.74. The summed E-state index contributed by atoms with van der Waals surface area (Å²) >= 11 is 6.08. The number of halogens is 1. The molecule has 0 saturated carbocycles. The molecule has 1 fully saturated rings. The quantitative estimate of drug-likeness (QED) is 0.866. The largest absolute Gasteiger partial charge is 0.348 e. The lowest BCUT2D eigenvalue weighted by atomic mass is 10.1. The van der Waals surface area contributed by atoms with Gasteiger partial charge in [-0.05, 0) is 36.2 Å². The van der Waals surface area contributed by atoms with Gasteiger partial charge >= 0.3 is 0 Å². The van der Waals surface area contributed by atoms with Gasteiger partial charge in [-0.2, -0.15) is 0 Å². The monoisotopic (exact) mass is 392 g/mol. The second-order valence-electron chi connectivity index (χ2n) is 6.00. The van der Waals surface area contributed by atoms with Crippen LogP contribution in [0.15, 0.2) is 42.5 Å². The van der Waals surface area contributed by atoms with Crippen molar-refractivity contribution in [2.75, 3.05) is 10.1 Å². The summed E-state index contributed by atoms with van der Waals surface area (Å²) < 4.78 is 24.9. The summed E-state index contributed by atoms with van der Waals surface area (Å²) in [5, 5.41) is 2.89. The molecule has 6 nitrogen and oxygen atoms in total. The third kappa shape index (κ3) is 3.59. The summed E-state index contributed by atoms with van der Waals surface area (Å²) in [4.78, 5) is 24.4. The van der Waals surface area contributed by atoms with Gasteiger partial charge in [-0.3, -0.25) is 9.59 Å². The van der Waals surface area contributed by atoms with Gasteiger partial charge in [0.05, 0.1) is 16.5 Å². The topological polar surface area (TPSA) is 83.6 Å². The van der Waals surface area contributed by atoms with E-state index in [1.807, 2.05) is 31.2 Å². The Balaban J connectivity index is 1.84. The Labute approximate surface area is 156 Å². The molecule has 0 radical (unpaired) electrons. The van der Waals surface area contributed by atoms with Crippen LogP contribution in [-0.2, 0) is 21.4 Å². The van der Waals surface area contributed by atoms with Crippen molar-refractivity contribution in [3.05, 3.63) is 64.2 Å². The van der Waals surface area contributed by atoms with Crippen molar-refractivity contribution in [1.29, 1.82) is 0 Å². The fraction of sp³-hybridized carbons (Fsp3) is 0.222. The van der Waals surface area contributed by atoms with E-state index in [1.165, 1.54) is 18.2 Å². The van der Waals surface area contributed by atoms with Gasteiger partial charge in [0.25, 0.3) is 5.91 Å². The second-order valence-corrected chi connectivity index (χ2v) is 8.34. The number of rotatable bonds is 4. The number of benzene rings is 2. The highest BCUT2D eigenvalue weighted by molar-refractivity contribution is 7.94. The first kappa shape index (κ1) is 18.4. The number of hydrogen-bond acceptors (Lipinski definition) is 4. The van der Waals surface area contributed by atoms with E-state index in [0.29, 0.717) is 10.8 Å². The van der Waals surface area contributed by atoms with Gasteiger partial charge in [-0.25, -0.2) is 12.7 Å². The molecule has 0 aromatic heterocycles. The summed E-state index contributed by atoms with van der Waals surface area (Å²) in [6, 6.07) is 11.9. The number of amides is 2. The maximum absolute atomic E-state index is 12.4. The molecule has 1 saturated heterocycles. The van der Waals surface area contributed by atoms with Crippen LogP contribution in [0.4, 0.5) is 5.69 Å². The number of carbonyl (C=O) groups excluding carboxylic acids is 2. The van der Waals surface area contributed by atoms with E-state index in [4.69, 9.17) is 11.6 Å². The van der Waals surface area contributed by atoms with Gasteiger partial charge in [0.2, 0.25) is 15.9 Å². The van der Waals surface area contributed by atoms with Crippen molar-refractivity contribution in [3.63, 3.8) is 0 Å². The Hall–Kier alpha value is -2.38. The van der Waals surface area contributed by atoms with Crippen LogP contribution in [0.3, 0.4) is 0 Å². The van der Waals surface area contributed by atoms with Gasteiger partial charge in [-0.15, -0.1) is 0 Å². The molecule has 8 heteroatoms. The van der Waals surface area contributed by atoms with E-state index in [-0.39, 0.29) is 34.4 Å². The Morgan fingerprint density at radius 1 is 1.23 bits per heavy atom. The van der Waals surface area contributed by atoms with Gasteiger partial charge in [-0.1, -0.05) is 35.9 Å². The molecular formula is C18H17ClN2O4S. The van der Waals surface area contributed by atoms with E-state index < -0.39 is 15.9 Å². The number of nitrogens with one attached hydrogen (secondary N) is 1. The first-order valence-corrected chi connectivity index (χ1v) is 9.96. The van der Waals surface area contributed by atoms with Crippen LogP contribution < -0.4 is 9.62 Å². The van der Waals surface area contributed by atoms with Crippen molar-refractivity contribution in [2.24, 2.45) is 0 Å². The highest BCUT2D eigenvalue weighted by Crippen LogP contribution is 2.32. The molecule has 26 heavy (non-hydrogen) atoms. The van der Waals surface area contributed by atoms with Crippen LogP contribution in [0.25, 0.3) is 0 Å². The second kappa shape index (κ2) is 7.09. The molecule has 1 heterocycles. The molecule has 0 atom stereocenters. The van der Waals surface area contributed by atoms with Gasteiger partial charge < -0.3 is 5.32 Å². The number of carbonyl (C=O) groups is 2. The molecular weight excluding hydrogens is 376 g/mol. The molecule has 2 aromatic carbocycles. The maximum Gasteiger partial charge on any atom is 0.251 e. The summed E-state index contributed by atoms with van der Waals surface area (Å²) in [5.41, 5.74) is 2.27. The van der Waals surface area contributed by atoms with E-state index in [2.05, 4.69) is 5.32 Å². The molecule has 1 aliphatic rings. The minimum atomic E-state index is -3.75. The summed E-state index contributed by atoms with van der Waals surface area (Å²) in [6.07, 6.45) is -0.0949. The zero-order valence-corrected chi connectivity index (χ0v) is 15.6. The van der Waals surface area contributed by atoms with Crippen LogP contribution in [-0.4, -0.2) is 26.0 Å². The molecule has 0 unspecified atom stereocenters. The third-order valence-electron chi connectivity index (χ3n) is 4.21. The summed E-state index contributed by atoms with van der Waals surface area (Å²) in [6.45, 7) is 2.29. The first-order chi connectivity index (χ1) is 12.3. The number of aryl methyl sites for hydroxylation is 1. The standard InChI is InChI=1S/C18H17ClN2O4S/c1-12-4-2-3-5-14(12)11-20-18(23)13-6-7-15(19)16(10-13)21-17(22)8-9-26(21,24)25/h2-7,10H,8-9,11H2,1H3,(H,20,23). The molecule has 1 N–H and O–H groups in total.